The number of likely N-dealkylation sites (tertiary alicyclic amines) is 1. The first-order valence-electron chi connectivity index (χ1n) is 12.1. The van der Waals surface area contributed by atoms with Crippen LogP contribution < -0.4 is 14.2 Å². The van der Waals surface area contributed by atoms with Crippen molar-refractivity contribution in [2.45, 2.75) is 26.2 Å². The summed E-state index contributed by atoms with van der Waals surface area (Å²) in [6.45, 7) is 5.81. The van der Waals surface area contributed by atoms with E-state index in [0.29, 0.717) is 23.8 Å². The largest absolute Gasteiger partial charge is 0.475 e. The minimum absolute atomic E-state index is 0.0101. The van der Waals surface area contributed by atoms with E-state index in [2.05, 4.69) is 41.2 Å². The van der Waals surface area contributed by atoms with Crippen molar-refractivity contribution < 1.29 is 28.3 Å². The summed E-state index contributed by atoms with van der Waals surface area (Å²) in [5.74, 6) is -0.515. The Labute approximate surface area is 213 Å². The van der Waals surface area contributed by atoms with Gasteiger partial charge in [0.05, 0.1) is 6.61 Å². The van der Waals surface area contributed by atoms with E-state index in [9.17, 15) is 9.59 Å². The molecule has 0 aliphatic carbocycles. The summed E-state index contributed by atoms with van der Waals surface area (Å²) < 4.78 is 22.0. The molecule has 1 fully saturated rings. The van der Waals surface area contributed by atoms with E-state index in [1.807, 2.05) is 6.07 Å². The zero-order chi connectivity index (χ0) is 25.1. The van der Waals surface area contributed by atoms with Gasteiger partial charge in [-0.1, -0.05) is 48.9 Å². The van der Waals surface area contributed by atoms with Crippen LogP contribution in [0.4, 0.5) is 0 Å². The molecular weight excluding hydrogens is 484 g/mol. The third-order valence-electron chi connectivity index (χ3n) is 6.84. The van der Waals surface area contributed by atoms with Gasteiger partial charge in [0.15, 0.2) is 17.1 Å². The maximum Gasteiger partial charge on any atom is 0.336 e. The Morgan fingerprint density at radius 3 is 2.58 bits per heavy atom. The molecule has 3 heterocycles. The van der Waals surface area contributed by atoms with Gasteiger partial charge in [-0.3, -0.25) is 0 Å². The number of benzene rings is 2. The fraction of sp³-hybridized carbons (Fsp3) is 0.370. The monoisotopic (exact) mass is 510 g/mol. The summed E-state index contributed by atoms with van der Waals surface area (Å²) in [4.78, 5) is 26.5. The van der Waals surface area contributed by atoms with Crippen LogP contribution in [0.3, 0.4) is 0 Å². The predicted molar refractivity (Wildman–Crippen MR) is 133 cm³/mol. The second kappa shape index (κ2) is 10.7. The Morgan fingerprint density at radius 1 is 1.11 bits per heavy atom. The van der Waals surface area contributed by atoms with Gasteiger partial charge in [-0.2, -0.15) is 0 Å². The quantitative estimate of drug-likeness (QED) is 0.329. The summed E-state index contributed by atoms with van der Waals surface area (Å²) >= 11 is 6.38. The number of rotatable bonds is 7. The molecule has 36 heavy (non-hydrogen) atoms. The zero-order valence-electron chi connectivity index (χ0n) is 19.9. The van der Waals surface area contributed by atoms with Crippen LogP contribution in [0.1, 0.15) is 25.3 Å². The van der Waals surface area contributed by atoms with E-state index < -0.39 is 11.9 Å². The molecule has 0 N–H and O–H groups in total. The maximum atomic E-state index is 12.1. The number of esters is 2. The SMILES string of the molecule is CC(COc1noc2cc3c(Cl)c(c12)OC(=O)/C=C/C(=O)O3)C1CCN(CCc2ccccc2)CC1. The molecule has 1 saturated heterocycles. The molecule has 1 aromatic heterocycles. The third kappa shape index (κ3) is 5.39. The van der Waals surface area contributed by atoms with Crippen molar-refractivity contribution >= 4 is 34.5 Å². The normalized spacial score (nSPS) is 18.6. The molecule has 0 saturated carbocycles. The number of fused-ring (bicyclic) bond motifs is 4. The van der Waals surface area contributed by atoms with Crippen LogP contribution in [0.2, 0.25) is 5.02 Å². The van der Waals surface area contributed by atoms with Gasteiger partial charge in [0, 0.05) is 24.8 Å². The van der Waals surface area contributed by atoms with Crippen LogP contribution in [0.25, 0.3) is 11.0 Å². The first-order chi connectivity index (χ1) is 17.5. The van der Waals surface area contributed by atoms with Crippen LogP contribution in [0.15, 0.2) is 53.1 Å². The van der Waals surface area contributed by atoms with Crippen LogP contribution in [0.5, 0.6) is 17.4 Å². The Balaban J connectivity index is 1.21. The van der Waals surface area contributed by atoms with Crippen LogP contribution in [-0.4, -0.2) is 48.2 Å². The second-order valence-electron chi connectivity index (χ2n) is 9.26. The molecule has 3 aromatic rings. The van der Waals surface area contributed by atoms with Crippen molar-refractivity contribution in [3.8, 4) is 17.4 Å². The minimum Gasteiger partial charge on any atom is -0.475 e. The van der Waals surface area contributed by atoms with E-state index in [1.165, 1.54) is 11.6 Å². The van der Waals surface area contributed by atoms with Crippen molar-refractivity contribution in [1.29, 1.82) is 0 Å². The molecule has 5 rings (SSSR count). The van der Waals surface area contributed by atoms with Crippen LogP contribution >= 0.6 is 11.6 Å². The number of aromatic nitrogens is 1. The second-order valence-corrected chi connectivity index (χ2v) is 9.64. The van der Waals surface area contributed by atoms with Gasteiger partial charge >= 0.3 is 11.9 Å². The van der Waals surface area contributed by atoms with Gasteiger partial charge in [-0.25, -0.2) is 9.59 Å². The summed E-state index contributed by atoms with van der Waals surface area (Å²) in [6, 6.07) is 12.0. The highest BCUT2D eigenvalue weighted by Gasteiger charge is 2.28. The molecular formula is C27H27ClN2O6. The van der Waals surface area contributed by atoms with Gasteiger partial charge in [-0.05, 0) is 54.9 Å². The van der Waals surface area contributed by atoms with Crippen molar-refractivity contribution in [2.24, 2.45) is 11.8 Å². The Morgan fingerprint density at radius 2 is 1.83 bits per heavy atom. The first-order valence-corrected chi connectivity index (χ1v) is 12.5. The Kier molecular flexibility index (Phi) is 7.25. The summed E-state index contributed by atoms with van der Waals surface area (Å²) in [6.07, 6.45) is 5.22. The van der Waals surface area contributed by atoms with Crippen LogP contribution in [0, 0.1) is 11.8 Å². The van der Waals surface area contributed by atoms with E-state index >= 15 is 0 Å². The van der Waals surface area contributed by atoms with E-state index in [4.69, 9.17) is 30.3 Å². The summed E-state index contributed by atoms with van der Waals surface area (Å²) in [7, 11) is 0. The average Bonchev–Trinajstić information content (AvgIpc) is 3.31. The van der Waals surface area contributed by atoms with Crippen molar-refractivity contribution in [3.63, 3.8) is 0 Å². The summed E-state index contributed by atoms with van der Waals surface area (Å²) in [5, 5.41) is 4.31. The fourth-order valence-corrected chi connectivity index (χ4v) is 4.93. The Bertz CT molecular complexity index is 1280. The number of piperidine rings is 1. The molecule has 8 nitrogen and oxygen atoms in total. The first kappa shape index (κ1) is 24.3. The molecule has 2 aliphatic heterocycles. The molecule has 2 aliphatic rings. The van der Waals surface area contributed by atoms with Crippen LogP contribution in [-0.2, 0) is 16.0 Å². The smallest absolute Gasteiger partial charge is 0.336 e. The van der Waals surface area contributed by atoms with Crippen molar-refractivity contribution in [3.05, 3.63) is 59.1 Å². The number of hydrogen-bond acceptors (Lipinski definition) is 8. The van der Waals surface area contributed by atoms with Gasteiger partial charge in [0.2, 0.25) is 0 Å². The average molecular weight is 511 g/mol. The fourth-order valence-electron chi connectivity index (χ4n) is 4.70. The number of halogens is 1. The van der Waals surface area contributed by atoms with Crippen molar-refractivity contribution in [2.75, 3.05) is 26.2 Å². The molecule has 2 bridgehead atoms. The lowest BCUT2D eigenvalue weighted by Gasteiger charge is -2.34. The number of nitrogens with zero attached hydrogens (tertiary/aromatic N) is 2. The minimum atomic E-state index is -0.770. The predicted octanol–water partition coefficient (Wildman–Crippen LogP) is 4.83. The molecule has 9 heteroatoms. The third-order valence-corrected chi connectivity index (χ3v) is 7.20. The Hall–Kier alpha value is -3.36. The molecule has 0 radical (unpaired) electrons. The number of carbonyl (C=O) groups excluding carboxylic acids is 2. The van der Waals surface area contributed by atoms with Crippen molar-refractivity contribution in [1.82, 2.24) is 10.1 Å². The molecule has 0 spiro atoms. The highest BCUT2D eigenvalue weighted by Crippen LogP contribution is 2.45. The summed E-state index contributed by atoms with van der Waals surface area (Å²) in [5.41, 5.74) is 1.61. The maximum absolute atomic E-state index is 12.1. The topological polar surface area (TPSA) is 91.1 Å². The number of hydrogen-bond donors (Lipinski definition) is 0. The van der Waals surface area contributed by atoms with Gasteiger partial charge in [-0.15, -0.1) is 0 Å². The number of ether oxygens (including phenoxy) is 3. The molecule has 1 unspecified atom stereocenters. The van der Waals surface area contributed by atoms with E-state index in [1.54, 1.807) is 0 Å². The van der Waals surface area contributed by atoms with E-state index in [-0.39, 0.29) is 28.0 Å². The molecule has 0 amide bonds. The highest BCUT2D eigenvalue weighted by molar-refractivity contribution is 6.35. The molecule has 1 atom stereocenters. The zero-order valence-corrected chi connectivity index (χ0v) is 20.7. The lowest BCUT2D eigenvalue weighted by Crippen LogP contribution is -2.37. The molecule has 2 aromatic carbocycles. The lowest BCUT2D eigenvalue weighted by molar-refractivity contribution is -0.131. The molecule has 188 valence electrons. The highest BCUT2D eigenvalue weighted by atomic mass is 35.5. The van der Waals surface area contributed by atoms with E-state index in [0.717, 1.165) is 51.0 Å². The van der Waals surface area contributed by atoms with Gasteiger partial charge in [0.25, 0.3) is 5.88 Å². The lowest BCUT2D eigenvalue weighted by atomic mass is 9.86. The number of carbonyl (C=O) groups is 2. The van der Waals surface area contributed by atoms with Gasteiger partial charge < -0.3 is 23.6 Å². The standard InChI is InChI=1S/C27H27ClN2O6/c1-17(19-10-13-30(14-11-19)12-9-18-5-3-2-4-6-18)16-33-27-24-20(36-29-27)15-21-25(28)26(24)35-23(32)8-7-22(31)34-21/h2-8,15,17,19H,9-14,16H2,1H3/b8-7+. The van der Waals surface area contributed by atoms with Gasteiger partial charge in [0.1, 0.15) is 10.4 Å².